The molecule has 19 heavy (non-hydrogen) atoms. The minimum Gasteiger partial charge on any atom is -0.276 e. The van der Waals surface area contributed by atoms with E-state index >= 15 is 0 Å². The van der Waals surface area contributed by atoms with Crippen molar-refractivity contribution in [2.24, 2.45) is 0 Å². The van der Waals surface area contributed by atoms with Gasteiger partial charge < -0.3 is 0 Å². The maximum Gasteiger partial charge on any atom is 0.263 e. The lowest BCUT2D eigenvalue weighted by atomic mass is 10.4. The zero-order valence-electron chi connectivity index (χ0n) is 9.27. The zero-order chi connectivity index (χ0) is 14.0. The van der Waals surface area contributed by atoms with Gasteiger partial charge in [-0.05, 0) is 46.3 Å². The second-order valence-corrected chi connectivity index (χ2v) is 7.30. The van der Waals surface area contributed by atoms with E-state index in [-0.39, 0.29) is 15.7 Å². The molecule has 0 amide bonds. The maximum absolute atomic E-state index is 12.3. The Labute approximate surface area is 132 Å². The highest BCUT2D eigenvalue weighted by Gasteiger charge is 2.19. The number of hydrogen-bond acceptors (Lipinski definition) is 3. The summed E-state index contributed by atoms with van der Waals surface area (Å²) in [6.45, 7) is 0. The van der Waals surface area contributed by atoms with E-state index < -0.39 is 10.0 Å². The van der Waals surface area contributed by atoms with Crippen LogP contribution in [0.3, 0.4) is 0 Å². The molecule has 1 N–H and O–H groups in total. The fourth-order valence-corrected chi connectivity index (χ4v) is 4.14. The van der Waals surface area contributed by atoms with E-state index in [0.717, 1.165) is 0 Å². The number of sulfonamides is 1. The third kappa shape index (κ3) is 3.47. The molecule has 0 unspecified atom stereocenters. The van der Waals surface area contributed by atoms with Gasteiger partial charge in [0.25, 0.3) is 10.0 Å². The Hall–Kier alpha value is -0.630. The summed E-state index contributed by atoms with van der Waals surface area (Å²) in [6, 6.07) is 8.01. The first kappa shape index (κ1) is 14.8. The summed E-state index contributed by atoms with van der Waals surface area (Å²) in [7, 11) is -3.74. The van der Waals surface area contributed by atoms with Crippen LogP contribution in [0, 0.1) is 0 Å². The highest BCUT2D eigenvalue weighted by molar-refractivity contribution is 9.11. The van der Waals surface area contributed by atoms with Gasteiger partial charge in [-0.3, -0.25) is 4.72 Å². The normalized spacial score (nSPS) is 11.3. The van der Waals surface area contributed by atoms with E-state index in [9.17, 15) is 8.42 Å². The Morgan fingerprint density at radius 1 is 1.21 bits per heavy atom. The van der Waals surface area contributed by atoms with Crippen LogP contribution >= 0.6 is 43.5 Å². The average Bonchev–Trinajstić information content (AvgIpc) is 2.35. The van der Waals surface area contributed by atoms with Crippen molar-refractivity contribution in [1.29, 1.82) is 0 Å². The molecule has 0 fully saturated rings. The Kier molecular flexibility index (Phi) is 4.50. The van der Waals surface area contributed by atoms with Crippen molar-refractivity contribution in [3.63, 3.8) is 0 Å². The standard InChI is InChI=1S/C11H7Br2ClN2O2S/c12-7-3-4-8(13)10(6-7)19(17,18)16-9-2-1-5-15-11(9)14/h1-6,16H. The molecule has 1 heterocycles. The fraction of sp³-hybridized carbons (Fsp3) is 0. The van der Waals surface area contributed by atoms with Crippen molar-refractivity contribution in [1.82, 2.24) is 4.98 Å². The highest BCUT2D eigenvalue weighted by Crippen LogP contribution is 2.28. The molecule has 100 valence electrons. The van der Waals surface area contributed by atoms with Crippen molar-refractivity contribution in [3.05, 3.63) is 50.6 Å². The van der Waals surface area contributed by atoms with Gasteiger partial charge in [0.2, 0.25) is 0 Å². The Balaban J connectivity index is 2.44. The van der Waals surface area contributed by atoms with Gasteiger partial charge in [0.1, 0.15) is 4.90 Å². The smallest absolute Gasteiger partial charge is 0.263 e. The number of hydrogen-bond donors (Lipinski definition) is 1. The number of rotatable bonds is 3. The molecule has 0 aliphatic heterocycles. The van der Waals surface area contributed by atoms with Crippen LogP contribution in [0.1, 0.15) is 0 Å². The highest BCUT2D eigenvalue weighted by atomic mass is 79.9. The van der Waals surface area contributed by atoms with Crippen LogP contribution in [0.4, 0.5) is 5.69 Å². The number of nitrogens with zero attached hydrogens (tertiary/aromatic N) is 1. The summed E-state index contributed by atoms with van der Waals surface area (Å²) in [5.41, 5.74) is 0.232. The van der Waals surface area contributed by atoms with Crippen molar-refractivity contribution >= 4 is 59.2 Å². The van der Waals surface area contributed by atoms with Crippen LogP contribution in [0.15, 0.2) is 50.4 Å². The molecule has 0 bridgehead atoms. The Bertz CT molecular complexity index is 722. The molecule has 0 aliphatic carbocycles. The summed E-state index contributed by atoms with van der Waals surface area (Å²) < 4.78 is 28.1. The van der Waals surface area contributed by atoms with Gasteiger partial charge in [0, 0.05) is 15.1 Å². The van der Waals surface area contributed by atoms with Gasteiger partial charge in [-0.15, -0.1) is 0 Å². The van der Waals surface area contributed by atoms with E-state index in [1.807, 2.05) is 0 Å². The summed E-state index contributed by atoms with van der Waals surface area (Å²) in [4.78, 5) is 3.93. The van der Waals surface area contributed by atoms with Gasteiger partial charge in [-0.2, -0.15) is 0 Å². The molecule has 0 saturated carbocycles. The van der Waals surface area contributed by atoms with Crippen LogP contribution in [0.5, 0.6) is 0 Å². The van der Waals surface area contributed by atoms with Gasteiger partial charge >= 0.3 is 0 Å². The number of halogens is 3. The van der Waals surface area contributed by atoms with Crippen molar-refractivity contribution in [2.45, 2.75) is 4.90 Å². The molecular formula is C11H7Br2ClN2O2S. The monoisotopic (exact) mass is 424 g/mol. The minimum absolute atomic E-state index is 0.0946. The summed E-state index contributed by atoms with van der Waals surface area (Å²) in [6.07, 6.45) is 1.48. The lowest BCUT2D eigenvalue weighted by molar-refractivity contribution is 0.600. The van der Waals surface area contributed by atoms with Crippen LogP contribution in [0.25, 0.3) is 0 Å². The number of benzene rings is 1. The van der Waals surface area contributed by atoms with Gasteiger partial charge in [-0.25, -0.2) is 13.4 Å². The van der Waals surface area contributed by atoms with E-state index in [2.05, 4.69) is 41.6 Å². The number of nitrogens with one attached hydrogen (secondary N) is 1. The molecule has 0 aliphatic rings. The lowest BCUT2D eigenvalue weighted by Crippen LogP contribution is -2.14. The van der Waals surface area contributed by atoms with Crippen LogP contribution in [-0.4, -0.2) is 13.4 Å². The van der Waals surface area contributed by atoms with E-state index in [1.54, 1.807) is 24.3 Å². The van der Waals surface area contributed by atoms with Crippen LogP contribution in [-0.2, 0) is 10.0 Å². The Morgan fingerprint density at radius 3 is 2.63 bits per heavy atom. The van der Waals surface area contributed by atoms with Gasteiger partial charge in [-0.1, -0.05) is 27.5 Å². The second-order valence-electron chi connectivity index (χ2n) is 3.52. The van der Waals surface area contributed by atoms with E-state index in [1.165, 1.54) is 12.3 Å². The number of anilines is 1. The van der Waals surface area contributed by atoms with Crippen molar-refractivity contribution in [2.75, 3.05) is 4.72 Å². The molecule has 0 saturated heterocycles. The molecule has 8 heteroatoms. The predicted octanol–water partition coefficient (Wildman–Crippen LogP) is 4.06. The van der Waals surface area contributed by atoms with Crippen molar-refractivity contribution < 1.29 is 8.42 Å². The first-order valence-electron chi connectivity index (χ1n) is 4.98. The fourth-order valence-electron chi connectivity index (χ4n) is 1.35. The zero-order valence-corrected chi connectivity index (χ0v) is 14.0. The summed E-state index contributed by atoms with van der Waals surface area (Å²) in [5, 5.41) is 0.0946. The lowest BCUT2D eigenvalue weighted by Gasteiger charge is -2.10. The van der Waals surface area contributed by atoms with Crippen molar-refractivity contribution in [3.8, 4) is 0 Å². The SMILES string of the molecule is O=S(=O)(Nc1cccnc1Cl)c1cc(Br)ccc1Br. The molecule has 4 nitrogen and oxygen atoms in total. The first-order chi connectivity index (χ1) is 8.90. The van der Waals surface area contributed by atoms with Gasteiger partial charge in [0.15, 0.2) is 5.15 Å². The van der Waals surface area contributed by atoms with Crippen LogP contribution in [0.2, 0.25) is 5.15 Å². The summed E-state index contributed by atoms with van der Waals surface area (Å²) >= 11 is 12.3. The average molecular weight is 427 g/mol. The van der Waals surface area contributed by atoms with Crippen LogP contribution < -0.4 is 4.72 Å². The third-order valence-corrected chi connectivity index (χ3v) is 5.34. The Morgan fingerprint density at radius 2 is 1.95 bits per heavy atom. The molecule has 0 atom stereocenters. The molecule has 1 aromatic carbocycles. The summed E-state index contributed by atoms with van der Waals surface area (Å²) in [5.74, 6) is 0. The second kappa shape index (κ2) is 5.78. The molecule has 0 radical (unpaired) electrons. The largest absolute Gasteiger partial charge is 0.276 e. The first-order valence-corrected chi connectivity index (χ1v) is 8.43. The predicted molar refractivity (Wildman–Crippen MR) is 81.9 cm³/mol. The van der Waals surface area contributed by atoms with E-state index in [4.69, 9.17) is 11.6 Å². The molecule has 2 rings (SSSR count). The molecular weight excluding hydrogens is 419 g/mol. The van der Waals surface area contributed by atoms with E-state index in [0.29, 0.717) is 8.95 Å². The number of pyridine rings is 1. The maximum atomic E-state index is 12.3. The minimum atomic E-state index is -3.74. The molecule has 2 aromatic rings. The third-order valence-electron chi connectivity index (χ3n) is 2.19. The van der Waals surface area contributed by atoms with Gasteiger partial charge in [0.05, 0.1) is 5.69 Å². The molecule has 0 spiro atoms. The quantitative estimate of drug-likeness (QED) is 0.753. The molecule has 1 aromatic heterocycles. The number of aromatic nitrogens is 1. The topological polar surface area (TPSA) is 59.1 Å².